The molecule has 1 radical (unpaired) electrons. The number of benzene rings is 2. The maximum atomic E-state index is 13.3. The second-order valence-electron chi connectivity index (χ2n) is 8.32. The van der Waals surface area contributed by atoms with E-state index in [1.54, 1.807) is 10.9 Å². The van der Waals surface area contributed by atoms with Crippen LogP contribution in [0.2, 0.25) is 5.02 Å². The smallest absolute Gasteiger partial charge is 0.357 e. The van der Waals surface area contributed by atoms with E-state index in [4.69, 9.17) is 11.6 Å². The average Bonchev–Trinajstić information content (AvgIpc) is 3.46. The molecule has 165 valence electrons. The Kier molecular flexibility index (Phi) is 4.74. The number of hydrogen-bond donors (Lipinski definition) is 1. The summed E-state index contributed by atoms with van der Waals surface area (Å²) in [6.07, 6.45) is 0.735. The fraction of sp³-hybridized carbons (Fsp3) is 0.304. The number of alkyl halides is 3. The number of aryl methyl sites for hydroxylation is 1. The van der Waals surface area contributed by atoms with Gasteiger partial charge in [-0.2, -0.15) is 18.3 Å². The zero-order chi connectivity index (χ0) is 22.7. The van der Waals surface area contributed by atoms with E-state index in [9.17, 15) is 13.2 Å². The van der Waals surface area contributed by atoms with Crippen LogP contribution in [0.15, 0.2) is 42.7 Å². The molecule has 9 heteroatoms. The predicted molar refractivity (Wildman–Crippen MR) is 117 cm³/mol. The number of hydrogen-bond acceptors (Lipinski definition) is 3. The van der Waals surface area contributed by atoms with Gasteiger partial charge in [-0.1, -0.05) is 11.6 Å². The number of aromatic nitrogens is 4. The number of rotatable bonds is 3. The van der Waals surface area contributed by atoms with Crippen LogP contribution in [0.4, 0.5) is 18.9 Å². The number of imidazole rings is 1. The zero-order valence-electron chi connectivity index (χ0n) is 17.5. The molecule has 1 atom stereocenters. The highest BCUT2D eigenvalue weighted by molar-refractivity contribution is 6.32. The summed E-state index contributed by atoms with van der Waals surface area (Å²) in [5.41, 5.74) is 2.11. The third-order valence-electron chi connectivity index (χ3n) is 6.10. The van der Waals surface area contributed by atoms with Crippen LogP contribution >= 0.6 is 11.6 Å². The van der Waals surface area contributed by atoms with Crippen molar-refractivity contribution in [2.45, 2.75) is 38.4 Å². The molecular formula is C23H20ClF3N5. The van der Waals surface area contributed by atoms with Crippen molar-refractivity contribution in [1.82, 2.24) is 19.7 Å². The van der Waals surface area contributed by atoms with Crippen molar-refractivity contribution in [3.63, 3.8) is 0 Å². The standard InChI is InChI=1S/C23H20ClF3N5/c1-14-5-6-19(32-10-4-8-28-32)20(11-14)31-9-3-7-22(31,2)21-29-17-12-15(23(25,26)27)16(24)13-18(17)30-21/h4-5,8,10-13H,3,7,9H2,1-2H3,(H,29,30)/t22-/m0/s1. The van der Waals surface area contributed by atoms with E-state index in [1.807, 2.05) is 25.3 Å². The molecule has 1 aliphatic rings. The van der Waals surface area contributed by atoms with Crippen molar-refractivity contribution in [2.75, 3.05) is 11.4 Å². The van der Waals surface area contributed by atoms with Gasteiger partial charge in [0.2, 0.25) is 0 Å². The summed E-state index contributed by atoms with van der Waals surface area (Å²) >= 11 is 5.92. The summed E-state index contributed by atoms with van der Waals surface area (Å²) < 4.78 is 41.7. The number of halogens is 4. The molecule has 5 nitrogen and oxygen atoms in total. The third-order valence-corrected chi connectivity index (χ3v) is 6.41. The Morgan fingerprint density at radius 2 is 2.06 bits per heavy atom. The van der Waals surface area contributed by atoms with Gasteiger partial charge in [0.25, 0.3) is 0 Å². The first-order valence-corrected chi connectivity index (χ1v) is 10.6. The van der Waals surface area contributed by atoms with E-state index in [-0.39, 0.29) is 10.5 Å². The molecule has 1 aliphatic heterocycles. The minimum Gasteiger partial charge on any atom is -0.357 e. The Labute approximate surface area is 187 Å². The summed E-state index contributed by atoms with van der Waals surface area (Å²) in [6.45, 7) is 4.83. The topological polar surface area (TPSA) is 49.7 Å². The summed E-state index contributed by atoms with van der Waals surface area (Å²) in [6, 6.07) is 11.5. The van der Waals surface area contributed by atoms with Gasteiger partial charge in [-0.25, -0.2) is 9.67 Å². The highest BCUT2D eigenvalue weighted by atomic mass is 35.5. The first-order chi connectivity index (χ1) is 15.2. The number of fused-ring (bicyclic) bond motifs is 1. The number of nitrogens with one attached hydrogen (secondary N) is 1. The lowest BCUT2D eigenvalue weighted by Gasteiger charge is -2.36. The Morgan fingerprint density at radius 3 is 2.78 bits per heavy atom. The quantitative estimate of drug-likeness (QED) is 0.407. The molecular weight excluding hydrogens is 439 g/mol. The van der Waals surface area contributed by atoms with Crippen molar-refractivity contribution < 1.29 is 13.2 Å². The molecule has 2 aromatic heterocycles. The fourth-order valence-electron chi connectivity index (χ4n) is 4.47. The van der Waals surface area contributed by atoms with Gasteiger partial charge in [0.1, 0.15) is 5.82 Å². The highest BCUT2D eigenvalue weighted by Crippen LogP contribution is 2.44. The molecule has 1 N–H and O–H groups in total. The molecule has 3 heterocycles. The Morgan fingerprint density at radius 1 is 1.25 bits per heavy atom. The van der Waals surface area contributed by atoms with Gasteiger partial charge in [-0.15, -0.1) is 0 Å². The molecule has 5 rings (SSSR count). The number of anilines is 1. The van der Waals surface area contributed by atoms with E-state index in [1.165, 1.54) is 6.07 Å². The van der Waals surface area contributed by atoms with E-state index in [2.05, 4.69) is 39.0 Å². The average molecular weight is 459 g/mol. The largest absolute Gasteiger partial charge is 0.417 e. The van der Waals surface area contributed by atoms with Gasteiger partial charge in [-0.05, 0) is 62.6 Å². The molecule has 0 amide bonds. The lowest BCUT2D eigenvalue weighted by molar-refractivity contribution is -0.137. The van der Waals surface area contributed by atoms with Gasteiger partial charge in [0.15, 0.2) is 0 Å². The van der Waals surface area contributed by atoms with E-state index in [0.29, 0.717) is 11.3 Å². The second-order valence-corrected chi connectivity index (χ2v) is 8.73. The molecule has 4 aromatic rings. The maximum absolute atomic E-state index is 13.3. The van der Waals surface area contributed by atoms with Crippen LogP contribution in [-0.4, -0.2) is 26.3 Å². The first kappa shape index (κ1) is 20.9. The number of aromatic amines is 1. The van der Waals surface area contributed by atoms with E-state index < -0.39 is 17.3 Å². The summed E-state index contributed by atoms with van der Waals surface area (Å²) in [5.74, 6) is 0.605. The van der Waals surface area contributed by atoms with Crippen LogP contribution in [0.1, 0.15) is 36.7 Å². The summed E-state index contributed by atoms with van der Waals surface area (Å²) in [4.78, 5) is 10.0. The molecule has 2 aromatic carbocycles. The monoisotopic (exact) mass is 458 g/mol. The maximum Gasteiger partial charge on any atom is 0.417 e. The van der Waals surface area contributed by atoms with Gasteiger partial charge >= 0.3 is 6.18 Å². The van der Waals surface area contributed by atoms with Crippen molar-refractivity contribution in [1.29, 1.82) is 0 Å². The van der Waals surface area contributed by atoms with Crippen LogP contribution in [0.25, 0.3) is 16.7 Å². The van der Waals surface area contributed by atoms with Gasteiger partial charge < -0.3 is 9.88 Å². The third kappa shape index (κ3) is 3.33. The van der Waals surface area contributed by atoms with Crippen molar-refractivity contribution in [3.8, 4) is 5.69 Å². The van der Waals surface area contributed by atoms with Gasteiger partial charge in [0, 0.05) is 25.0 Å². The van der Waals surface area contributed by atoms with Crippen LogP contribution < -0.4 is 4.90 Å². The van der Waals surface area contributed by atoms with Crippen LogP contribution in [0.5, 0.6) is 0 Å². The number of nitrogens with zero attached hydrogens (tertiary/aromatic N) is 4. The van der Waals surface area contributed by atoms with E-state index in [0.717, 1.165) is 42.4 Å². The molecule has 0 aliphatic carbocycles. The lowest BCUT2D eigenvalue weighted by atomic mass is 9.97. The van der Waals surface area contributed by atoms with Crippen molar-refractivity contribution in [3.05, 3.63) is 70.8 Å². The Hall–Kier alpha value is -3.00. The fourth-order valence-corrected chi connectivity index (χ4v) is 4.74. The van der Waals surface area contributed by atoms with Gasteiger partial charge in [0.05, 0.1) is 38.5 Å². The molecule has 1 fully saturated rings. The molecule has 0 saturated carbocycles. The predicted octanol–water partition coefficient (Wildman–Crippen LogP) is 6.05. The molecule has 0 spiro atoms. The number of H-pyrrole nitrogens is 1. The molecule has 0 unspecified atom stereocenters. The molecule has 0 bridgehead atoms. The van der Waals surface area contributed by atoms with E-state index >= 15 is 0 Å². The lowest BCUT2D eigenvalue weighted by Crippen LogP contribution is -2.40. The van der Waals surface area contributed by atoms with Crippen LogP contribution in [-0.2, 0) is 11.7 Å². The Bertz CT molecular complexity index is 1300. The minimum atomic E-state index is -4.54. The summed E-state index contributed by atoms with van der Waals surface area (Å²) in [7, 11) is 0. The van der Waals surface area contributed by atoms with Crippen LogP contribution in [0, 0.1) is 13.0 Å². The SMILES string of the molecule is Cc1c[c]c(-n2cccn2)c(N2CCC[C@@]2(C)c2nc3cc(C(F)(F)F)c(Cl)cc3[nH]2)c1. The highest BCUT2D eigenvalue weighted by Gasteiger charge is 2.42. The Balaban J connectivity index is 1.63. The molecule has 1 saturated heterocycles. The zero-order valence-corrected chi connectivity index (χ0v) is 18.2. The molecule has 32 heavy (non-hydrogen) atoms. The van der Waals surface area contributed by atoms with Crippen molar-refractivity contribution in [2.24, 2.45) is 0 Å². The summed E-state index contributed by atoms with van der Waals surface area (Å²) in [5, 5.41) is 4.02. The second kappa shape index (κ2) is 7.27. The first-order valence-electron chi connectivity index (χ1n) is 10.2. The van der Waals surface area contributed by atoms with Gasteiger partial charge in [-0.3, -0.25) is 0 Å². The van der Waals surface area contributed by atoms with Crippen molar-refractivity contribution >= 4 is 28.3 Å². The minimum absolute atomic E-state index is 0.243. The van der Waals surface area contributed by atoms with Crippen LogP contribution in [0.3, 0.4) is 0 Å². The normalized spacial score (nSPS) is 19.2.